The topological polar surface area (TPSA) is 87.7 Å². The van der Waals surface area contributed by atoms with E-state index in [0.29, 0.717) is 27.4 Å². The molecule has 0 saturated carbocycles. The molecular formula is C19H14Cl2N4O2S2. The maximum Gasteiger partial charge on any atom is 0.263 e. The average molecular weight is 465 g/mol. The van der Waals surface area contributed by atoms with Crippen molar-refractivity contribution in [3.05, 3.63) is 81.7 Å². The maximum absolute atomic E-state index is 12.4. The predicted octanol–water partition coefficient (Wildman–Crippen LogP) is 5.23. The largest absolute Gasteiger partial charge is 0.342 e. The summed E-state index contributed by atoms with van der Waals surface area (Å²) in [6.07, 6.45) is 3.69. The van der Waals surface area contributed by atoms with Crippen LogP contribution >= 0.6 is 34.5 Å². The van der Waals surface area contributed by atoms with Crippen LogP contribution in [0.4, 0.5) is 5.13 Å². The van der Waals surface area contributed by atoms with Gasteiger partial charge >= 0.3 is 0 Å². The third-order valence-electron chi connectivity index (χ3n) is 4.16. The molecule has 0 radical (unpaired) electrons. The van der Waals surface area contributed by atoms with Crippen molar-refractivity contribution in [2.24, 2.45) is 0 Å². The van der Waals surface area contributed by atoms with Crippen LogP contribution in [0.25, 0.3) is 11.3 Å². The molecule has 0 fully saturated rings. The van der Waals surface area contributed by atoms with Crippen LogP contribution < -0.4 is 4.72 Å². The lowest BCUT2D eigenvalue weighted by molar-refractivity contribution is 0.601. The number of halogens is 2. The van der Waals surface area contributed by atoms with Crippen LogP contribution in [0, 0.1) is 0 Å². The van der Waals surface area contributed by atoms with E-state index in [1.807, 2.05) is 0 Å². The third-order valence-corrected chi connectivity index (χ3v) is 7.04. The Morgan fingerprint density at radius 2 is 1.76 bits per heavy atom. The Morgan fingerprint density at radius 3 is 2.41 bits per heavy atom. The van der Waals surface area contributed by atoms with Gasteiger partial charge in [0.25, 0.3) is 10.0 Å². The van der Waals surface area contributed by atoms with Crippen molar-refractivity contribution >= 4 is 49.7 Å². The lowest BCUT2D eigenvalue weighted by Crippen LogP contribution is -2.12. The van der Waals surface area contributed by atoms with E-state index >= 15 is 0 Å². The number of anilines is 1. The smallest absolute Gasteiger partial charge is 0.263 e. The first kappa shape index (κ1) is 19.9. The molecule has 0 bridgehead atoms. The molecule has 4 aromatic rings. The highest BCUT2D eigenvalue weighted by Gasteiger charge is 2.16. The molecule has 2 N–H and O–H groups in total. The summed E-state index contributed by atoms with van der Waals surface area (Å²) in [5.74, 6) is 0.706. The molecule has 2 aromatic carbocycles. The zero-order chi connectivity index (χ0) is 20.4. The molecule has 0 aliphatic rings. The number of hydrogen-bond acceptors (Lipinski definition) is 5. The minimum absolute atomic E-state index is 0.152. The van der Waals surface area contributed by atoms with Crippen LogP contribution in [0.15, 0.2) is 65.1 Å². The Bertz CT molecular complexity index is 1220. The second-order valence-corrected chi connectivity index (χ2v) is 9.48. The standard InChI is InChI=1S/C19H14Cl2N4O2S2/c20-15-2-1-3-16(21)14(15)10-18-23-11-17(24-18)12-4-6-13(7-5-12)29(26,27)25-19-22-8-9-28-19/h1-9,11H,10H2,(H,22,25)(H,23,24). The number of nitrogens with one attached hydrogen (secondary N) is 2. The van der Waals surface area contributed by atoms with Crippen LogP contribution in [-0.4, -0.2) is 23.4 Å². The quantitative estimate of drug-likeness (QED) is 0.408. The fraction of sp³-hybridized carbons (Fsp3) is 0.0526. The summed E-state index contributed by atoms with van der Waals surface area (Å²) in [7, 11) is -3.68. The number of aromatic nitrogens is 3. The number of rotatable bonds is 6. The molecule has 4 rings (SSSR count). The monoisotopic (exact) mass is 464 g/mol. The summed E-state index contributed by atoms with van der Waals surface area (Å²) in [6, 6.07) is 11.9. The molecule has 2 heterocycles. The van der Waals surface area contributed by atoms with Crippen LogP contribution in [0.5, 0.6) is 0 Å². The van der Waals surface area contributed by atoms with Crippen molar-refractivity contribution in [3.63, 3.8) is 0 Å². The highest BCUT2D eigenvalue weighted by atomic mass is 35.5. The number of benzene rings is 2. The summed E-state index contributed by atoms with van der Waals surface area (Å²) in [4.78, 5) is 11.7. The van der Waals surface area contributed by atoms with Gasteiger partial charge < -0.3 is 4.98 Å². The second kappa shape index (κ2) is 8.16. The SMILES string of the molecule is O=S(=O)(Nc1nccs1)c1ccc(-c2cnc(Cc3c(Cl)cccc3Cl)[nH]2)cc1. The first-order valence-corrected chi connectivity index (χ1v) is 11.5. The Labute approximate surface area is 181 Å². The molecule has 0 aliphatic heterocycles. The first-order chi connectivity index (χ1) is 13.9. The van der Waals surface area contributed by atoms with E-state index in [-0.39, 0.29) is 4.90 Å². The van der Waals surface area contributed by atoms with Gasteiger partial charge in [0.15, 0.2) is 5.13 Å². The number of thiazole rings is 1. The molecule has 10 heteroatoms. The van der Waals surface area contributed by atoms with Crippen molar-refractivity contribution < 1.29 is 8.42 Å². The average Bonchev–Trinajstić information content (AvgIpc) is 3.37. The predicted molar refractivity (Wildman–Crippen MR) is 116 cm³/mol. The van der Waals surface area contributed by atoms with Gasteiger partial charge in [-0.1, -0.05) is 41.4 Å². The molecule has 6 nitrogen and oxygen atoms in total. The highest BCUT2D eigenvalue weighted by Crippen LogP contribution is 2.27. The van der Waals surface area contributed by atoms with Crippen molar-refractivity contribution in [3.8, 4) is 11.3 Å². The van der Waals surface area contributed by atoms with Crippen LogP contribution in [0.3, 0.4) is 0 Å². The molecule has 0 amide bonds. The lowest BCUT2D eigenvalue weighted by atomic mass is 10.1. The first-order valence-electron chi connectivity index (χ1n) is 8.42. The van der Waals surface area contributed by atoms with Gasteiger partial charge in [0.05, 0.1) is 16.8 Å². The molecule has 29 heavy (non-hydrogen) atoms. The van der Waals surface area contributed by atoms with Gasteiger partial charge in [-0.15, -0.1) is 11.3 Å². The van der Waals surface area contributed by atoms with E-state index in [1.165, 1.54) is 29.7 Å². The number of aromatic amines is 1. The van der Waals surface area contributed by atoms with Crippen molar-refractivity contribution in [1.29, 1.82) is 0 Å². The molecule has 0 aliphatic carbocycles. The number of nitrogens with zero attached hydrogens (tertiary/aromatic N) is 2. The van der Waals surface area contributed by atoms with Crippen LogP contribution in [-0.2, 0) is 16.4 Å². The molecule has 148 valence electrons. The van der Waals surface area contributed by atoms with Crippen LogP contribution in [0.1, 0.15) is 11.4 Å². The molecule has 2 aromatic heterocycles. The number of H-pyrrole nitrogens is 1. The van der Waals surface area contributed by atoms with E-state index in [9.17, 15) is 8.42 Å². The van der Waals surface area contributed by atoms with E-state index in [4.69, 9.17) is 23.2 Å². The zero-order valence-corrected chi connectivity index (χ0v) is 17.9. The highest BCUT2D eigenvalue weighted by molar-refractivity contribution is 7.93. The minimum atomic E-state index is -3.68. The third kappa shape index (κ3) is 4.45. The summed E-state index contributed by atoms with van der Waals surface area (Å²) in [5, 5.41) is 3.19. The van der Waals surface area contributed by atoms with Gasteiger partial charge in [-0.25, -0.2) is 18.4 Å². The Kier molecular flexibility index (Phi) is 5.60. The Morgan fingerprint density at radius 1 is 1.03 bits per heavy atom. The molecule has 0 unspecified atom stereocenters. The van der Waals surface area contributed by atoms with Crippen molar-refractivity contribution in [2.45, 2.75) is 11.3 Å². The van der Waals surface area contributed by atoms with Gasteiger partial charge in [0, 0.05) is 28.0 Å². The van der Waals surface area contributed by atoms with Gasteiger partial charge in [-0.05, 0) is 35.4 Å². The second-order valence-electron chi connectivity index (χ2n) is 6.09. The van der Waals surface area contributed by atoms with E-state index < -0.39 is 10.0 Å². The Hall–Kier alpha value is -2.39. The molecule has 0 saturated heterocycles. The van der Waals surface area contributed by atoms with Gasteiger partial charge in [-0.3, -0.25) is 4.72 Å². The van der Waals surface area contributed by atoms with Gasteiger partial charge in [-0.2, -0.15) is 0 Å². The summed E-state index contributed by atoms with van der Waals surface area (Å²) < 4.78 is 27.3. The maximum atomic E-state index is 12.4. The number of hydrogen-bond donors (Lipinski definition) is 2. The van der Waals surface area contributed by atoms with Gasteiger partial charge in [0.2, 0.25) is 0 Å². The van der Waals surface area contributed by atoms with Crippen molar-refractivity contribution in [2.75, 3.05) is 4.72 Å². The molecule has 0 spiro atoms. The normalized spacial score (nSPS) is 11.5. The summed E-state index contributed by atoms with van der Waals surface area (Å²) >= 11 is 13.7. The van der Waals surface area contributed by atoms with E-state index in [1.54, 1.807) is 41.9 Å². The lowest BCUT2D eigenvalue weighted by Gasteiger charge is -2.06. The summed E-state index contributed by atoms with van der Waals surface area (Å²) in [5.41, 5.74) is 2.37. The zero-order valence-electron chi connectivity index (χ0n) is 14.8. The number of sulfonamides is 1. The minimum Gasteiger partial charge on any atom is -0.342 e. The molecular weight excluding hydrogens is 451 g/mol. The van der Waals surface area contributed by atoms with E-state index in [0.717, 1.165) is 16.8 Å². The fourth-order valence-corrected chi connectivity index (χ4v) is 5.05. The molecule has 0 atom stereocenters. The Balaban J connectivity index is 1.53. The fourth-order valence-electron chi connectivity index (χ4n) is 2.73. The van der Waals surface area contributed by atoms with Crippen molar-refractivity contribution in [1.82, 2.24) is 15.0 Å². The van der Waals surface area contributed by atoms with Crippen LogP contribution in [0.2, 0.25) is 10.0 Å². The van der Waals surface area contributed by atoms with E-state index in [2.05, 4.69) is 19.7 Å². The number of imidazole rings is 1. The van der Waals surface area contributed by atoms with Gasteiger partial charge in [0.1, 0.15) is 5.82 Å². The summed E-state index contributed by atoms with van der Waals surface area (Å²) in [6.45, 7) is 0.